The van der Waals surface area contributed by atoms with Crippen LogP contribution >= 0.6 is 0 Å². The fraction of sp³-hybridized carbons (Fsp3) is 0.543. The SMILES string of the molecule is C=C(C)C1C[C@@H](C)C2C(C=C(COC(=O)Cc3ccc(OC(=O)N4CCCCC4CNC)c(OC)c3)CC3(O)C(=O)C(C)=CC23)C(C)O[C@](O)(Cc2ccccc2)O1. The fourth-order valence-electron chi connectivity index (χ4n) is 9.45. The van der Waals surface area contributed by atoms with Gasteiger partial charge in [0.25, 0.3) is 5.97 Å². The van der Waals surface area contributed by atoms with E-state index in [0.717, 1.165) is 30.4 Å². The number of fused-ring (bicyclic) bond motifs is 3. The maximum atomic E-state index is 13.8. The maximum absolute atomic E-state index is 13.8. The Morgan fingerprint density at radius 2 is 1.79 bits per heavy atom. The zero-order chi connectivity index (χ0) is 41.8. The number of nitrogens with one attached hydrogen (secondary N) is 1. The molecule has 2 aromatic rings. The highest BCUT2D eigenvalue weighted by atomic mass is 16.8. The van der Waals surface area contributed by atoms with Gasteiger partial charge in [0, 0.05) is 37.4 Å². The first-order valence-electron chi connectivity index (χ1n) is 20.5. The number of esters is 1. The van der Waals surface area contributed by atoms with Gasteiger partial charge in [-0.05, 0) is 99.7 Å². The van der Waals surface area contributed by atoms with Crippen molar-refractivity contribution in [3.63, 3.8) is 0 Å². The molecule has 0 spiro atoms. The second-order valence-electron chi connectivity index (χ2n) is 16.7. The summed E-state index contributed by atoms with van der Waals surface area (Å²) in [6, 6.07) is 14.5. The molecule has 0 aromatic heterocycles. The molecule has 58 heavy (non-hydrogen) atoms. The van der Waals surface area contributed by atoms with E-state index in [1.807, 2.05) is 63.4 Å². The van der Waals surface area contributed by atoms with Crippen molar-refractivity contribution in [1.82, 2.24) is 10.2 Å². The monoisotopic (exact) mass is 800 g/mol. The molecule has 0 radical (unpaired) electrons. The van der Waals surface area contributed by atoms with Crippen molar-refractivity contribution < 1.29 is 48.3 Å². The van der Waals surface area contributed by atoms with Crippen molar-refractivity contribution in [3.05, 3.63) is 95.1 Å². The molecule has 2 aromatic carbocycles. The molecule has 12 heteroatoms. The van der Waals surface area contributed by atoms with Crippen molar-refractivity contribution in [1.29, 1.82) is 0 Å². The molecule has 2 saturated heterocycles. The number of rotatable bonds is 11. The normalized spacial score (nSPS) is 31.3. The second-order valence-corrected chi connectivity index (χ2v) is 16.7. The molecule has 4 aliphatic rings. The Labute approximate surface area is 342 Å². The molecule has 3 N–H and O–H groups in total. The largest absolute Gasteiger partial charge is 0.493 e. The Hall–Kier alpha value is -4.33. The minimum Gasteiger partial charge on any atom is -0.493 e. The van der Waals surface area contributed by atoms with Gasteiger partial charge >= 0.3 is 12.1 Å². The number of nitrogens with zero attached hydrogens (tertiary/aromatic N) is 1. The average molecular weight is 801 g/mol. The molecule has 2 heterocycles. The second kappa shape index (κ2) is 18.3. The molecule has 1 amide bonds. The number of aliphatic hydroxyl groups is 2. The van der Waals surface area contributed by atoms with Gasteiger partial charge in [-0.2, -0.15) is 0 Å². The summed E-state index contributed by atoms with van der Waals surface area (Å²) >= 11 is 0. The Kier molecular flexibility index (Phi) is 13.6. The fourth-order valence-corrected chi connectivity index (χ4v) is 9.45. The van der Waals surface area contributed by atoms with Crippen molar-refractivity contribution in [2.24, 2.45) is 23.7 Å². The lowest BCUT2D eigenvalue weighted by Crippen LogP contribution is -2.49. The molecule has 0 saturated carbocycles. The molecule has 2 aliphatic heterocycles. The third-order valence-corrected chi connectivity index (χ3v) is 12.3. The minimum absolute atomic E-state index is 0.0289. The zero-order valence-electron chi connectivity index (χ0n) is 34.7. The Morgan fingerprint density at radius 1 is 1.03 bits per heavy atom. The summed E-state index contributed by atoms with van der Waals surface area (Å²) in [5.41, 5.74) is 1.43. The predicted octanol–water partition coefficient (Wildman–Crippen LogP) is 6.09. The van der Waals surface area contributed by atoms with Crippen molar-refractivity contribution >= 4 is 17.8 Å². The van der Waals surface area contributed by atoms with Crippen LogP contribution < -0.4 is 14.8 Å². The smallest absolute Gasteiger partial charge is 0.415 e. The lowest BCUT2D eigenvalue weighted by atomic mass is 9.67. The summed E-state index contributed by atoms with van der Waals surface area (Å²) in [5, 5.41) is 27.5. The third kappa shape index (κ3) is 9.58. The van der Waals surface area contributed by atoms with Crippen molar-refractivity contribution in [2.45, 2.75) is 102 Å². The number of carbonyl (C=O) groups is 3. The number of likely N-dealkylation sites (N-methyl/N-ethyl adjacent to an activating group) is 1. The van der Waals surface area contributed by atoms with Crippen LogP contribution in [0.3, 0.4) is 0 Å². The number of likely N-dealkylation sites (tertiary alicyclic amines) is 1. The number of carbonyl (C=O) groups excluding carboxylic acids is 3. The molecule has 7 unspecified atom stereocenters. The molecule has 2 fully saturated rings. The number of Topliss-reactive ketones (excluding diaryl/α,β-unsaturated/α-hetero) is 1. The van der Waals surface area contributed by atoms with E-state index < -0.39 is 47.7 Å². The standard InChI is InChI=1S/C46H60N2O10/c1-28(2)39-20-29(3)42-36(31(5)57-46(53,58-39)25-32-13-9-8-10-14-32)21-34(24-45(52)37(42)19-30(4)43(45)50)27-55-41(49)23-33-16-17-38(40(22-33)54-7)56-44(51)48-18-12-11-15-35(48)26-47-6/h8-10,13-14,16-17,19,21-22,29,31,35-37,39,42,47,52-53H,1,11-12,15,18,20,23-27H2,2-7H3/t29-,31?,35?,36?,37?,39?,42?,45?,46-/m1/s1. The summed E-state index contributed by atoms with van der Waals surface area (Å²) in [7, 11) is 3.33. The van der Waals surface area contributed by atoms with Gasteiger partial charge in [-0.25, -0.2) is 4.79 Å². The van der Waals surface area contributed by atoms with Crippen LogP contribution in [0.1, 0.15) is 70.9 Å². The minimum atomic E-state index is -2.00. The molecule has 9 atom stereocenters. The van der Waals surface area contributed by atoms with E-state index in [-0.39, 0.29) is 55.3 Å². The van der Waals surface area contributed by atoms with E-state index >= 15 is 0 Å². The van der Waals surface area contributed by atoms with Gasteiger partial charge in [-0.15, -0.1) is 0 Å². The van der Waals surface area contributed by atoms with Gasteiger partial charge in [0.1, 0.15) is 12.2 Å². The van der Waals surface area contributed by atoms with Crippen LogP contribution in [0.25, 0.3) is 0 Å². The lowest BCUT2D eigenvalue weighted by Gasteiger charge is -2.40. The number of hydrogen-bond donors (Lipinski definition) is 3. The van der Waals surface area contributed by atoms with Crippen molar-refractivity contribution in [2.75, 3.05) is 33.9 Å². The van der Waals surface area contributed by atoms with Crippen LogP contribution in [0.2, 0.25) is 0 Å². The number of amides is 1. The lowest BCUT2D eigenvalue weighted by molar-refractivity contribution is -0.384. The molecule has 12 nitrogen and oxygen atoms in total. The first-order chi connectivity index (χ1) is 27.6. The first-order valence-corrected chi connectivity index (χ1v) is 20.5. The van der Waals surface area contributed by atoms with Gasteiger partial charge in [-0.1, -0.05) is 67.6 Å². The topological polar surface area (TPSA) is 153 Å². The van der Waals surface area contributed by atoms with Gasteiger partial charge in [0.05, 0.1) is 32.2 Å². The highest BCUT2D eigenvalue weighted by Gasteiger charge is 2.57. The molecular formula is C46H60N2O10. The zero-order valence-corrected chi connectivity index (χ0v) is 34.7. The number of hydrogen-bond acceptors (Lipinski definition) is 11. The Balaban J connectivity index is 1.22. The predicted molar refractivity (Wildman–Crippen MR) is 218 cm³/mol. The van der Waals surface area contributed by atoms with Gasteiger partial charge in [0.15, 0.2) is 17.3 Å². The van der Waals surface area contributed by atoms with Crippen molar-refractivity contribution in [3.8, 4) is 11.5 Å². The van der Waals surface area contributed by atoms with Crippen LogP contribution in [0.4, 0.5) is 4.79 Å². The Bertz CT molecular complexity index is 1890. The highest BCUT2D eigenvalue weighted by molar-refractivity contribution is 6.04. The molecule has 2 aliphatic carbocycles. The quantitative estimate of drug-likeness (QED) is 0.179. The van der Waals surface area contributed by atoms with Crippen LogP contribution in [0, 0.1) is 23.7 Å². The molecular weight excluding hydrogens is 741 g/mol. The summed E-state index contributed by atoms with van der Waals surface area (Å²) < 4.78 is 30.1. The van der Waals surface area contributed by atoms with Gasteiger partial charge < -0.3 is 44.1 Å². The van der Waals surface area contributed by atoms with Gasteiger partial charge in [-0.3, -0.25) is 9.59 Å². The first kappa shape index (κ1) is 43.3. The van der Waals surface area contributed by atoms with Gasteiger partial charge in [0.2, 0.25) is 0 Å². The van der Waals surface area contributed by atoms with E-state index in [2.05, 4.69) is 18.8 Å². The summed E-state index contributed by atoms with van der Waals surface area (Å²) in [6.45, 7) is 12.8. The van der Waals surface area contributed by atoms with Crippen LogP contribution in [0.5, 0.6) is 11.5 Å². The molecule has 6 rings (SSSR count). The maximum Gasteiger partial charge on any atom is 0.415 e. The number of methoxy groups -OCH3 is 1. The van der Waals surface area contributed by atoms with E-state index in [4.69, 9.17) is 23.7 Å². The average Bonchev–Trinajstić information content (AvgIpc) is 3.33. The summed E-state index contributed by atoms with van der Waals surface area (Å²) in [4.78, 5) is 42.1. The Morgan fingerprint density at radius 3 is 2.50 bits per heavy atom. The highest BCUT2D eigenvalue weighted by Crippen LogP contribution is 2.51. The summed E-state index contributed by atoms with van der Waals surface area (Å²) in [6.07, 6.45) is 5.44. The molecule has 314 valence electrons. The summed E-state index contributed by atoms with van der Waals surface area (Å²) in [5.74, 6) is -3.72. The van der Waals surface area contributed by atoms with Crippen LogP contribution in [-0.4, -0.2) is 96.6 Å². The van der Waals surface area contributed by atoms with E-state index in [0.29, 0.717) is 42.0 Å². The van der Waals surface area contributed by atoms with E-state index in [1.165, 1.54) is 7.11 Å². The van der Waals surface area contributed by atoms with E-state index in [1.54, 1.807) is 30.0 Å². The third-order valence-electron chi connectivity index (χ3n) is 12.3. The van der Waals surface area contributed by atoms with E-state index in [9.17, 15) is 24.6 Å². The van der Waals surface area contributed by atoms with Crippen LogP contribution in [0.15, 0.2) is 84.0 Å². The number of piperidine rings is 1. The number of ketones is 1. The van der Waals surface area contributed by atoms with Crippen LogP contribution in [-0.2, 0) is 36.6 Å². The number of benzene rings is 2. The number of ether oxygens (including phenoxy) is 5. The molecule has 0 bridgehead atoms.